The molecule has 3 nitrogen and oxygen atoms in total. The zero-order valence-electron chi connectivity index (χ0n) is 19.1. The Hall–Kier alpha value is -2.34. The number of allylic oxidation sites excluding steroid dienone is 2. The second-order valence-electron chi connectivity index (χ2n) is 8.13. The minimum absolute atomic E-state index is 0.925. The number of benzene rings is 2. The van der Waals surface area contributed by atoms with Crippen LogP contribution in [0.4, 0.5) is 5.69 Å². The summed E-state index contributed by atoms with van der Waals surface area (Å²) in [6, 6.07) is 23.8. The van der Waals surface area contributed by atoms with Crippen LogP contribution in [0.3, 0.4) is 0 Å². The van der Waals surface area contributed by atoms with E-state index in [1.54, 1.807) is 23.5 Å². The van der Waals surface area contributed by atoms with E-state index >= 15 is 0 Å². The maximum Gasteiger partial charge on any atom is 0.0619 e. The quantitative estimate of drug-likeness (QED) is 0.294. The topological polar surface area (TPSA) is 18.8 Å². The second kappa shape index (κ2) is 11.0. The van der Waals surface area contributed by atoms with Crippen molar-refractivity contribution in [2.45, 2.75) is 39.7 Å². The van der Waals surface area contributed by atoms with E-state index < -0.39 is 0 Å². The Bertz CT molecular complexity index is 1070. The van der Waals surface area contributed by atoms with Crippen LogP contribution >= 0.6 is 23.5 Å². The van der Waals surface area contributed by atoms with Gasteiger partial charge in [0.25, 0.3) is 0 Å². The number of hydrogen-bond acceptors (Lipinski definition) is 5. The summed E-state index contributed by atoms with van der Waals surface area (Å²) in [5.41, 5.74) is 7.89. The highest BCUT2D eigenvalue weighted by molar-refractivity contribution is 7.98. The molecule has 1 aliphatic heterocycles. The smallest absolute Gasteiger partial charge is 0.0619 e. The Morgan fingerprint density at radius 2 is 1.78 bits per heavy atom. The average Bonchev–Trinajstić information content (AvgIpc) is 3.48. The van der Waals surface area contributed by atoms with Crippen molar-refractivity contribution in [1.29, 1.82) is 0 Å². The molecule has 32 heavy (non-hydrogen) atoms. The van der Waals surface area contributed by atoms with E-state index in [4.69, 9.17) is 4.99 Å². The Balaban J connectivity index is 1.35. The Morgan fingerprint density at radius 1 is 0.969 bits per heavy atom. The van der Waals surface area contributed by atoms with E-state index in [9.17, 15) is 0 Å². The summed E-state index contributed by atoms with van der Waals surface area (Å²) in [7, 11) is 2.13. The number of thiophene rings is 1. The van der Waals surface area contributed by atoms with Gasteiger partial charge in [0, 0.05) is 55.0 Å². The first-order valence-corrected chi connectivity index (χ1v) is 12.8. The van der Waals surface area contributed by atoms with Gasteiger partial charge in [-0.3, -0.25) is 4.99 Å². The molecule has 0 bridgehead atoms. The molecule has 0 fully saturated rings. The van der Waals surface area contributed by atoms with Crippen LogP contribution in [0.1, 0.15) is 42.7 Å². The molecule has 1 aromatic heterocycles. The summed E-state index contributed by atoms with van der Waals surface area (Å²) >= 11 is 3.56. The van der Waals surface area contributed by atoms with E-state index in [1.807, 2.05) is 0 Å². The molecule has 0 saturated carbocycles. The summed E-state index contributed by atoms with van der Waals surface area (Å²) in [6.45, 7) is 6.36. The van der Waals surface area contributed by atoms with Gasteiger partial charge in [-0.2, -0.15) is 0 Å². The van der Waals surface area contributed by atoms with Crippen molar-refractivity contribution in [3.8, 4) is 0 Å². The third-order valence-electron chi connectivity index (χ3n) is 5.71. The Morgan fingerprint density at radius 3 is 2.53 bits per heavy atom. The van der Waals surface area contributed by atoms with Gasteiger partial charge in [0.05, 0.1) is 5.71 Å². The van der Waals surface area contributed by atoms with Gasteiger partial charge in [-0.05, 0) is 60.0 Å². The van der Waals surface area contributed by atoms with E-state index in [2.05, 4.69) is 102 Å². The van der Waals surface area contributed by atoms with Gasteiger partial charge in [-0.1, -0.05) is 55.5 Å². The lowest BCUT2D eigenvalue weighted by Gasteiger charge is -2.26. The van der Waals surface area contributed by atoms with Gasteiger partial charge in [0.15, 0.2) is 0 Å². The number of anilines is 1. The molecule has 0 radical (unpaired) electrons. The predicted molar refractivity (Wildman–Crippen MR) is 141 cm³/mol. The van der Waals surface area contributed by atoms with E-state index in [1.165, 1.54) is 38.7 Å². The number of para-hydroxylation sites is 1. The van der Waals surface area contributed by atoms with Crippen molar-refractivity contribution in [2.75, 3.05) is 17.9 Å². The van der Waals surface area contributed by atoms with Crippen molar-refractivity contribution in [3.05, 3.63) is 99.4 Å². The average molecular weight is 462 g/mol. The first-order chi connectivity index (χ1) is 15.6. The fraction of sp³-hybridized carbons (Fsp3) is 0.296. The van der Waals surface area contributed by atoms with Gasteiger partial charge in [0.1, 0.15) is 0 Å². The highest BCUT2D eigenvalue weighted by atomic mass is 32.2. The number of hydrogen-bond donors (Lipinski definition) is 0. The van der Waals surface area contributed by atoms with Crippen molar-refractivity contribution < 1.29 is 0 Å². The summed E-state index contributed by atoms with van der Waals surface area (Å²) in [4.78, 5) is 6.27. The van der Waals surface area contributed by atoms with Crippen LogP contribution in [0.5, 0.6) is 0 Å². The van der Waals surface area contributed by atoms with Crippen molar-refractivity contribution in [1.82, 2.24) is 4.31 Å². The summed E-state index contributed by atoms with van der Waals surface area (Å²) in [5, 5.41) is 2.13. The van der Waals surface area contributed by atoms with Crippen LogP contribution < -0.4 is 4.31 Å². The molecule has 0 aliphatic carbocycles. The number of aliphatic imine (C=N–C) groups is 1. The van der Waals surface area contributed by atoms with Crippen molar-refractivity contribution >= 4 is 34.9 Å². The van der Waals surface area contributed by atoms with Crippen LogP contribution in [0.2, 0.25) is 0 Å². The maximum absolute atomic E-state index is 4.96. The lowest BCUT2D eigenvalue weighted by Crippen LogP contribution is -2.22. The van der Waals surface area contributed by atoms with Gasteiger partial charge < -0.3 is 4.31 Å². The summed E-state index contributed by atoms with van der Waals surface area (Å²) in [6.07, 6.45) is 3.03. The molecule has 4 rings (SSSR count). The van der Waals surface area contributed by atoms with E-state index in [0.29, 0.717) is 0 Å². The molecule has 0 saturated heterocycles. The minimum atomic E-state index is 0.925. The zero-order chi connectivity index (χ0) is 22.3. The number of aryl methyl sites for hydroxylation is 1. The first-order valence-electron chi connectivity index (χ1n) is 11.2. The maximum atomic E-state index is 4.96. The molecule has 0 atom stereocenters. The number of nitrogens with zero attached hydrogens (tertiary/aromatic N) is 3. The standard InChI is InChI=1S/C27H31N3S2/c1-4-30(32-29(3)24-12-6-5-7-13-24)20-23-11-8-10-22(19-23)15-16-25-21(2)18-26(28-25)27-14-9-17-31-27/h5-14,17,19H,4,15-16,18,20H2,1-3H3. The first kappa shape index (κ1) is 22.8. The Labute approximate surface area is 200 Å². The molecular formula is C27H31N3S2. The van der Waals surface area contributed by atoms with Gasteiger partial charge in [0.2, 0.25) is 0 Å². The summed E-state index contributed by atoms with van der Waals surface area (Å²) in [5.74, 6) is 0. The van der Waals surface area contributed by atoms with Crippen LogP contribution in [-0.4, -0.2) is 23.6 Å². The highest BCUT2D eigenvalue weighted by Crippen LogP contribution is 2.29. The van der Waals surface area contributed by atoms with Gasteiger partial charge in [-0.15, -0.1) is 11.3 Å². The fourth-order valence-electron chi connectivity index (χ4n) is 3.91. The molecule has 5 heteroatoms. The third-order valence-corrected chi connectivity index (χ3v) is 7.70. The van der Waals surface area contributed by atoms with Gasteiger partial charge in [-0.25, -0.2) is 4.31 Å². The molecule has 0 N–H and O–H groups in total. The molecule has 0 unspecified atom stereocenters. The number of rotatable bonds is 10. The van der Waals surface area contributed by atoms with Crippen molar-refractivity contribution in [3.63, 3.8) is 0 Å². The monoisotopic (exact) mass is 461 g/mol. The molecular weight excluding hydrogens is 430 g/mol. The molecule has 2 heterocycles. The van der Waals surface area contributed by atoms with Crippen LogP contribution in [-0.2, 0) is 13.0 Å². The zero-order valence-corrected chi connectivity index (χ0v) is 20.8. The minimum Gasteiger partial charge on any atom is -0.306 e. The lowest BCUT2D eigenvalue weighted by atomic mass is 10.0. The highest BCUT2D eigenvalue weighted by Gasteiger charge is 2.17. The SMILES string of the molecule is CCN(Cc1cccc(CCC2=C(C)CC(c3cccs3)=N2)c1)SN(C)c1ccccc1. The molecule has 0 spiro atoms. The third kappa shape index (κ3) is 5.91. The van der Waals surface area contributed by atoms with Crippen LogP contribution in [0, 0.1) is 0 Å². The molecule has 3 aromatic rings. The van der Waals surface area contributed by atoms with Crippen molar-refractivity contribution in [2.24, 2.45) is 4.99 Å². The van der Waals surface area contributed by atoms with Crippen LogP contribution in [0.25, 0.3) is 0 Å². The molecule has 1 aliphatic rings. The predicted octanol–water partition coefficient (Wildman–Crippen LogP) is 7.37. The van der Waals surface area contributed by atoms with Gasteiger partial charge >= 0.3 is 0 Å². The fourth-order valence-corrected chi connectivity index (χ4v) is 5.51. The molecule has 0 amide bonds. The Kier molecular flexibility index (Phi) is 7.85. The van der Waals surface area contributed by atoms with E-state index in [-0.39, 0.29) is 0 Å². The van der Waals surface area contributed by atoms with E-state index in [0.717, 1.165) is 32.4 Å². The second-order valence-corrected chi connectivity index (χ2v) is 10.3. The molecule has 166 valence electrons. The molecule has 2 aromatic carbocycles. The normalized spacial score (nSPS) is 13.7. The largest absolute Gasteiger partial charge is 0.306 e. The van der Waals surface area contributed by atoms with Crippen LogP contribution in [0.15, 0.2) is 88.4 Å². The summed E-state index contributed by atoms with van der Waals surface area (Å²) < 4.78 is 4.62. The lowest BCUT2D eigenvalue weighted by molar-refractivity contribution is 0.492.